The topological polar surface area (TPSA) is 45.0 Å². The normalized spacial score (nSPS) is 19.0. The van der Waals surface area contributed by atoms with Crippen molar-refractivity contribution in [3.05, 3.63) is 0 Å². The van der Waals surface area contributed by atoms with Crippen LogP contribution < -0.4 is 5.32 Å². The maximum absolute atomic E-state index is 8.87. The van der Waals surface area contributed by atoms with E-state index < -0.39 is 0 Å². The predicted molar refractivity (Wildman–Crippen MR) is 55.8 cm³/mol. The fourth-order valence-corrected chi connectivity index (χ4v) is 1.47. The van der Waals surface area contributed by atoms with Crippen LogP contribution in [-0.4, -0.2) is 26.3 Å². The second-order valence-corrected chi connectivity index (χ2v) is 4.78. The van der Waals surface area contributed by atoms with Crippen molar-refractivity contribution in [3.63, 3.8) is 0 Å². The molecule has 0 aliphatic heterocycles. The van der Waals surface area contributed by atoms with E-state index in [0.29, 0.717) is 6.04 Å². The van der Waals surface area contributed by atoms with Gasteiger partial charge in [0.25, 0.3) is 0 Å². The number of nitrogens with zero attached hydrogens (tertiary/aromatic N) is 1. The standard InChI is InChI=1S/C11H20N2O/c1-11(2,7-12)8-13-10(6-14-3)9-4-5-9/h9-10,13H,4-6,8H2,1-3H3. The molecule has 0 aromatic heterocycles. The lowest BCUT2D eigenvalue weighted by Crippen LogP contribution is -2.40. The summed E-state index contributed by atoms with van der Waals surface area (Å²) in [4.78, 5) is 0. The SMILES string of the molecule is COCC(NCC(C)(C)C#N)C1CC1. The Hall–Kier alpha value is -0.590. The maximum Gasteiger partial charge on any atom is 0.0697 e. The van der Waals surface area contributed by atoms with Gasteiger partial charge in [0.05, 0.1) is 18.1 Å². The highest BCUT2D eigenvalue weighted by molar-refractivity contribution is 4.95. The first-order valence-corrected chi connectivity index (χ1v) is 5.22. The van der Waals surface area contributed by atoms with E-state index in [9.17, 15) is 0 Å². The molecule has 3 nitrogen and oxygen atoms in total. The van der Waals surface area contributed by atoms with Gasteiger partial charge in [0.15, 0.2) is 0 Å². The molecule has 0 saturated heterocycles. The highest BCUT2D eigenvalue weighted by atomic mass is 16.5. The molecule has 0 heterocycles. The largest absolute Gasteiger partial charge is 0.383 e. The summed E-state index contributed by atoms with van der Waals surface area (Å²) in [5, 5.41) is 12.3. The molecular weight excluding hydrogens is 176 g/mol. The van der Waals surface area contributed by atoms with Crippen molar-refractivity contribution in [2.75, 3.05) is 20.3 Å². The minimum Gasteiger partial charge on any atom is -0.383 e. The molecule has 0 bridgehead atoms. The van der Waals surface area contributed by atoms with Crippen LogP contribution in [-0.2, 0) is 4.74 Å². The highest BCUT2D eigenvalue weighted by Gasteiger charge is 2.32. The average molecular weight is 196 g/mol. The predicted octanol–water partition coefficient (Wildman–Crippen LogP) is 1.55. The Morgan fingerprint density at radius 3 is 2.64 bits per heavy atom. The van der Waals surface area contributed by atoms with Crippen molar-refractivity contribution in [2.24, 2.45) is 11.3 Å². The van der Waals surface area contributed by atoms with E-state index in [1.807, 2.05) is 13.8 Å². The Bertz CT molecular complexity index is 216. The Balaban J connectivity index is 2.30. The Morgan fingerprint density at radius 1 is 1.57 bits per heavy atom. The molecule has 1 aliphatic carbocycles. The molecule has 1 rings (SSSR count). The first-order chi connectivity index (χ1) is 6.59. The van der Waals surface area contributed by atoms with E-state index in [1.165, 1.54) is 12.8 Å². The van der Waals surface area contributed by atoms with Crippen LogP contribution in [0.1, 0.15) is 26.7 Å². The average Bonchev–Trinajstić information content (AvgIpc) is 2.95. The summed E-state index contributed by atoms with van der Waals surface area (Å²) in [6, 6.07) is 2.73. The molecule has 14 heavy (non-hydrogen) atoms. The van der Waals surface area contributed by atoms with Crippen LogP contribution in [0.2, 0.25) is 0 Å². The Labute approximate surface area is 86.4 Å². The third-order valence-corrected chi connectivity index (χ3v) is 2.65. The van der Waals surface area contributed by atoms with Gasteiger partial charge in [0.1, 0.15) is 0 Å². The summed E-state index contributed by atoms with van der Waals surface area (Å²) in [6.07, 6.45) is 2.60. The van der Waals surface area contributed by atoms with E-state index in [-0.39, 0.29) is 5.41 Å². The number of nitrogens with one attached hydrogen (secondary N) is 1. The Morgan fingerprint density at radius 2 is 2.21 bits per heavy atom. The first kappa shape index (κ1) is 11.5. The number of rotatable bonds is 6. The molecule has 0 amide bonds. The molecule has 0 aromatic carbocycles. The summed E-state index contributed by atoms with van der Waals surface area (Å²) in [5.41, 5.74) is -0.277. The molecule has 0 radical (unpaired) electrons. The van der Waals surface area contributed by atoms with Gasteiger partial charge in [-0.15, -0.1) is 0 Å². The zero-order chi connectivity index (χ0) is 10.6. The molecule has 80 valence electrons. The van der Waals surface area contributed by atoms with Gasteiger partial charge >= 0.3 is 0 Å². The van der Waals surface area contributed by atoms with Crippen molar-refractivity contribution in [3.8, 4) is 6.07 Å². The second-order valence-electron chi connectivity index (χ2n) is 4.78. The molecule has 1 atom stereocenters. The molecule has 0 aromatic rings. The van der Waals surface area contributed by atoms with E-state index in [4.69, 9.17) is 10.00 Å². The van der Waals surface area contributed by atoms with Crippen LogP contribution in [0.25, 0.3) is 0 Å². The molecular formula is C11H20N2O. The van der Waals surface area contributed by atoms with E-state index in [1.54, 1.807) is 7.11 Å². The summed E-state index contributed by atoms with van der Waals surface area (Å²) >= 11 is 0. The van der Waals surface area contributed by atoms with Crippen LogP contribution in [0.15, 0.2) is 0 Å². The smallest absolute Gasteiger partial charge is 0.0697 e. The number of hydrogen-bond donors (Lipinski definition) is 1. The number of ether oxygens (including phenoxy) is 1. The molecule has 0 spiro atoms. The van der Waals surface area contributed by atoms with Gasteiger partial charge in [0.2, 0.25) is 0 Å². The lowest BCUT2D eigenvalue weighted by atomic mass is 9.95. The van der Waals surface area contributed by atoms with Crippen LogP contribution in [0.4, 0.5) is 0 Å². The van der Waals surface area contributed by atoms with Crippen molar-refractivity contribution in [1.29, 1.82) is 5.26 Å². The van der Waals surface area contributed by atoms with Crippen LogP contribution in [0.5, 0.6) is 0 Å². The summed E-state index contributed by atoms with van der Waals surface area (Å²) in [7, 11) is 1.73. The zero-order valence-corrected chi connectivity index (χ0v) is 9.34. The zero-order valence-electron chi connectivity index (χ0n) is 9.34. The Kier molecular flexibility index (Phi) is 3.91. The van der Waals surface area contributed by atoms with Crippen molar-refractivity contribution in [1.82, 2.24) is 5.32 Å². The summed E-state index contributed by atoms with van der Waals surface area (Å²) < 4.78 is 5.16. The number of nitriles is 1. The molecule has 1 unspecified atom stereocenters. The summed E-state index contributed by atoms with van der Waals surface area (Å²) in [5.74, 6) is 0.768. The minimum atomic E-state index is -0.277. The van der Waals surface area contributed by atoms with Gasteiger partial charge in [0, 0.05) is 19.7 Å². The minimum absolute atomic E-state index is 0.277. The lowest BCUT2D eigenvalue weighted by molar-refractivity contribution is 0.153. The second kappa shape index (κ2) is 4.77. The quantitative estimate of drug-likeness (QED) is 0.701. The third kappa shape index (κ3) is 3.65. The van der Waals surface area contributed by atoms with Gasteiger partial charge in [-0.05, 0) is 32.6 Å². The molecule has 1 aliphatic rings. The van der Waals surface area contributed by atoms with Gasteiger partial charge in [-0.3, -0.25) is 0 Å². The van der Waals surface area contributed by atoms with E-state index in [0.717, 1.165) is 19.1 Å². The van der Waals surface area contributed by atoms with Crippen LogP contribution >= 0.6 is 0 Å². The first-order valence-electron chi connectivity index (χ1n) is 5.22. The highest BCUT2D eigenvalue weighted by Crippen LogP contribution is 2.33. The monoisotopic (exact) mass is 196 g/mol. The lowest BCUT2D eigenvalue weighted by Gasteiger charge is -2.22. The molecule has 3 heteroatoms. The van der Waals surface area contributed by atoms with Gasteiger partial charge < -0.3 is 10.1 Å². The van der Waals surface area contributed by atoms with Crippen LogP contribution in [0.3, 0.4) is 0 Å². The number of hydrogen-bond acceptors (Lipinski definition) is 3. The van der Waals surface area contributed by atoms with E-state index >= 15 is 0 Å². The fraction of sp³-hybridized carbons (Fsp3) is 0.909. The van der Waals surface area contributed by atoms with Crippen molar-refractivity contribution < 1.29 is 4.74 Å². The van der Waals surface area contributed by atoms with Crippen LogP contribution in [0, 0.1) is 22.7 Å². The van der Waals surface area contributed by atoms with Crippen molar-refractivity contribution in [2.45, 2.75) is 32.7 Å². The van der Waals surface area contributed by atoms with Gasteiger partial charge in [-0.25, -0.2) is 0 Å². The molecule has 1 saturated carbocycles. The molecule has 1 N–H and O–H groups in total. The third-order valence-electron chi connectivity index (χ3n) is 2.65. The van der Waals surface area contributed by atoms with Gasteiger partial charge in [-0.1, -0.05) is 0 Å². The van der Waals surface area contributed by atoms with Crippen molar-refractivity contribution >= 4 is 0 Å². The van der Waals surface area contributed by atoms with Gasteiger partial charge in [-0.2, -0.15) is 5.26 Å². The van der Waals surface area contributed by atoms with E-state index in [2.05, 4.69) is 11.4 Å². The fourth-order valence-electron chi connectivity index (χ4n) is 1.47. The summed E-state index contributed by atoms with van der Waals surface area (Å²) in [6.45, 7) is 5.41. The maximum atomic E-state index is 8.87. The molecule has 1 fully saturated rings. The number of methoxy groups -OCH3 is 1.